The summed E-state index contributed by atoms with van der Waals surface area (Å²) in [7, 11) is 0. The van der Waals surface area contributed by atoms with Crippen molar-refractivity contribution in [3.63, 3.8) is 0 Å². The number of furan rings is 1. The van der Waals surface area contributed by atoms with Crippen molar-refractivity contribution in [1.82, 2.24) is 10.6 Å². The third-order valence-corrected chi connectivity index (χ3v) is 2.91. The molecule has 0 fully saturated rings. The lowest BCUT2D eigenvalue weighted by Crippen LogP contribution is -2.40. The van der Waals surface area contributed by atoms with Gasteiger partial charge in [-0.1, -0.05) is 0 Å². The van der Waals surface area contributed by atoms with Gasteiger partial charge in [-0.2, -0.15) is 0 Å². The molecule has 10 heteroatoms. The summed E-state index contributed by atoms with van der Waals surface area (Å²) < 4.78 is 44.0. The molecule has 0 radical (unpaired) electrons. The summed E-state index contributed by atoms with van der Waals surface area (Å²) in [6, 6.07) is 4.39. The van der Waals surface area contributed by atoms with Gasteiger partial charge in [0.05, 0.1) is 25.0 Å². The normalized spacial score (nSPS) is 10.2. The van der Waals surface area contributed by atoms with E-state index < -0.39 is 54.0 Å². The van der Waals surface area contributed by atoms with Crippen LogP contribution in [0.15, 0.2) is 34.9 Å². The van der Waals surface area contributed by atoms with Crippen molar-refractivity contribution in [2.24, 2.45) is 0 Å². The molecule has 7 nitrogen and oxygen atoms in total. The average molecular weight is 355 g/mol. The van der Waals surface area contributed by atoms with E-state index in [1.165, 1.54) is 18.4 Å². The van der Waals surface area contributed by atoms with Crippen molar-refractivity contribution in [3.05, 3.63) is 53.7 Å². The number of rotatable bonds is 6. The molecule has 0 bridgehead atoms. The first-order valence-electron chi connectivity index (χ1n) is 6.90. The Balaban J connectivity index is 1.77. The number of hydrogen-bond acceptors (Lipinski definition) is 4. The maximum Gasteiger partial charge on any atom is 0.287 e. The van der Waals surface area contributed by atoms with E-state index in [0.29, 0.717) is 6.07 Å². The zero-order valence-corrected chi connectivity index (χ0v) is 12.6. The van der Waals surface area contributed by atoms with Crippen molar-refractivity contribution in [2.75, 3.05) is 18.4 Å². The Morgan fingerprint density at radius 2 is 1.64 bits per heavy atom. The van der Waals surface area contributed by atoms with Crippen LogP contribution in [-0.4, -0.2) is 30.8 Å². The molecule has 2 rings (SSSR count). The maximum absolute atomic E-state index is 13.4. The van der Waals surface area contributed by atoms with Crippen LogP contribution in [0.2, 0.25) is 0 Å². The first kappa shape index (κ1) is 18.0. The molecule has 1 heterocycles. The molecule has 1 aromatic carbocycles. The highest BCUT2D eigenvalue weighted by Crippen LogP contribution is 2.19. The van der Waals surface area contributed by atoms with Crippen molar-refractivity contribution in [1.29, 1.82) is 0 Å². The first-order valence-corrected chi connectivity index (χ1v) is 6.90. The van der Waals surface area contributed by atoms with Gasteiger partial charge < -0.3 is 20.4 Å². The summed E-state index contributed by atoms with van der Waals surface area (Å²) in [6.45, 7) is -0.986. The van der Waals surface area contributed by atoms with E-state index in [0.717, 1.165) is 6.07 Å². The minimum Gasteiger partial charge on any atom is -0.459 e. The largest absolute Gasteiger partial charge is 0.459 e. The van der Waals surface area contributed by atoms with E-state index in [4.69, 9.17) is 4.42 Å². The quantitative estimate of drug-likeness (QED) is 0.678. The predicted molar refractivity (Wildman–Crippen MR) is 79.0 cm³/mol. The molecule has 0 saturated heterocycles. The number of amides is 3. The van der Waals surface area contributed by atoms with E-state index in [2.05, 4.69) is 10.6 Å². The zero-order valence-electron chi connectivity index (χ0n) is 12.6. The Bertz CT molecular complexity index is 794. The molecule has 0 aliphatic rings. The van der Waals surface area contributed by atoms with Gasteiger partial charge >= 0.3 is 0 Å². The summed E-state index contributed by atoms with van der Waals surface area (Å²) in [5.41, 5.74) is -0.565. The van der Waals surface area contributed by atoms with Crippen LogP contribution in [0.3, 0.4) is 0 Å². The third kappa shape index (κ3) is 4.83. The number of halogens is 3. The molecule has 0 unspecified atom stereocenters. The number of hydrogen-bond donors (Lipinski definition) is 3. The SMILES string of the molecule is O=C(CNC(=O)c1ccco1)NCC(=O)Nc1ccc(F)c(F)c1F. The van der Waals surface area contributed by atoms with Crippen LogP contribution >= 0.6 is 0 Å². The maximum atomic E-state index is 13.4. The minimum atomic E-state index is -1.72. The topological polar surface area (TPSA) is 100 Å². The number of benzene rings is 1. The van der Waals surface area contributed by atoms with Gasteiger partial charge in [0.25, 0.3) is 5.91 Å². The zero-order chi connectivity index (χ0) is 18.4. The second-order valence-electron chi connectivity index (χ2n) is 4.71. The summed E-state index contributed by atoms with van der Waals surface area (Å²) in [6.07, 6.45) is 1.29. The molecule has 3 amide bonds. The van der Waals surface area contributed by atoms with E-state index in [-0.39, 0.29) is 5.76 Å². The molecule has 0 aliphatic carbocycles. The Morgan fingerprint density at radius 3 is 2.32 bits per heavy atom. The van der Waals surface area contributed by atoms with Crippen molar-refractivity contribution in [3.8, 4) is 0 Å². The highest BCUT2D eigenvalue weighted by molar-refractivity contribution is 5.96. The lowest BCUT2D eigenvalue weighted by molar-refractivity contribution is -0.123. The molecule has 0 spiro atoms. The lowest BCUT2D eigenvalue weighted by Gasteiger charge is -2.09. The van der Waals surface area contributed by atoms with Crippen molar-refractivity contribution < 1.29 is 32.0 Å². The van der Waals surface area contributed by atoms with Crippen LogP contribution in [-0.2, 0) is 9.59 Å². The Labute approximate surface area is 139 Å². The third-order valence-electron chi connectivity index (χ3n) is 2.91. The van der Waals surface area contributed by atoms with E-state index in [9.17, 15) is 27.6 Å². The van der Waals surface area contributed by atoms with Gasteiger partial charge in [-0.05, 0) is 24.3 Å². The summed E-state index contributed by atoms with van der Waals surface area (Å²) in [5, 5.41) is 6.40. The number of carbonyl (C=O) groups excluding carboxylic acids is 3. The van der Waals surface area contributed by atoms with Crippen LogP contribution < -0.4 is 16.0 Å². The van der Waals surface area contributed by atoms with Gasteiger partial charge in [-0.25, -0.2) is 13.2 Å². The fourth-order valence-corrected chi connectivity index (χ4v) is 1.71. The Kier molecular flexibility index (Phi) is 5.77. The van der Waals surface area contributed by atoms with Gasteiger partial charge in [0.2, 0.25) is 11.8 Å². The van der Waals surface area contributed by atoms with Crippen molar-refractivity contribution in [2.45, 2.75) is 0 Å². The molecule has 3 N–H and O–H groups in total. The standard InChI is InChI=1S/C15H12F3N3O4/c16-8-3-4-9(14(18)13(8)17)21-12(23)7-19-11(22)6-20-15(24)10-2-1-5-25-10/h1-5H,6-7H2,(H,19,22)(H,20,24)(H,21,23). The number of anilines is 1. The summed E-state index contributed by atoms with van der Waals surface area (Å²) in [4.78, 5) is 34.6. The molecule has 2 aromatic rings. The fourth-order valence-electron chi connectivity index (χ4n) is 1.71. The van der Waals surface area contributed by atoms with Crippen LogP contribution in [0.1, 0.15) is 10.6 Å². The average Bonchev–Trinajstić information content (AvgIpc) is 3.13. The molecule has 0 saturated carbocycles. The van der Waals surface area contributed by atoms with Crippen LogP contribution in [0.5, 0.6) is 0 Å². The molecule has 132 valence electrons. The van der Waals surface area contributed by atoms with Gasteiger partial charge in [0.15, 0.2) is 23.2 Å². The van der Waals surface area contributed by atoms with Crippen molar-refractivity contribution >= 4 is 23.4 Å². The minimum absolute atomic E-state index is 0.0133. The lowest BCUT2D eigenvalue weighted by atomic mass is 10.2. The highest BCUT2D eigenvalue weighted by Gasteiger charge is 2.16. The second-order valence-corrected chi connectivity index (χ2v) is 4.71. The van der Waals surface area contributed by atoms with E-state index in [1.54, 1.807) is 0 Å². The smallest absolute Gasteiger partial charge is 0.287 e. The second kappa shape index (κ2) is 7.99. The van der Waals surface area contributed by atoms with Gasteiger partial charge in [-0.15, -0.1) is 0 Å². The van der Waals surface area contributed by atoms with Gasteiger partial charge in [0.1, 0.15) is 0 Å². The monoisotopic (exact) mass is 355 g/mol. The molecule has 1 aromatic heterocycles. The van der Waals surface area contributed by atoms with E-state index >= 15 is 0 Å². The molecular weight excluding hydrogens is 343 g/mol. The van der Waals surface area contributed by atoms with Crippen LogP contribution in [0, 0.1) is 17.5 Å². The fraction of sp³-hybridized carbons (Fsp3) is 0.133. The molecule has 0 atom stereocenters. The highest BCUT2D eigenvalue weighted by atomic mass is 19.2. The molecular formula is C15H12F3N3O4. The predicted octanol–water partition coefficient (Wildman–Crippen LogP) is 1.18. The van der Waals surface area contributed by atoms with Gasteiger partial charge in [0, 0.05) is 0 Å². The molecule has 25 heavy (non-hydrogen) atoms. The number of carbonyl (C=O) groups is 3. The van der Waals surface area contributed by atoms with Crippen LogP contribution in [0.25, 0.3) is 0 Å². The summed E-state index contributed by atoms with van der Waals surface area (Å²) >= 11 is 0. The van der Waals surface area contributed by atoms with Gasteiger partial charge in [-0.3, -0.25) is 14.4 Å². The summed E-state index contributed by atoms with van der Waals surface area (Å²) in [5.74, 6) is -6.83. The molecule has 0 aliphatic heterocycles. The van der Waals surface area contributed by atoms with Crippen LogP contribution in [0.4, 0.5) is 18.9 Å². The first-order chi connectivity index (χ1) is 11.9. The Hall–Kier alpha value is -3.30. The Morgan fingerprint density at radius 1 is 0.920 bits per heavy atom. The van der Waals surface area contributed by atoms with E-state index in [1.807, 2.05) is 5.32 Å². The number of nitrogens with one attached hydrogen (secondary N) is 3.